The third kappa shape index (κ3) is 4.64. The van der Waals surface area contributed by atoms with Crippen LogP contribution in [-0.2, 0) is 10.3 Å². The van der Waals surface area contributed by atoms with Crippen molar-refractivity contribution >= 4 is 34.7 Å². The molecule has 2 aromatic carbocycles. The van der Waals surface area contributed by atoms with E-state index in [1.165, 1.54) is 33.7 Å². The van der Waals surface area contributed by atoms with Gasteiger partial charge >= 0.3 is 0 Å². The maximum atomic E-state index is 6.63. The molecule has 1 aliphatic heterocycles. The smallest absolute Gasteiger partial charge is 0.155 e. The topological polar surface area (TPSA) is 56.3 Å². The lowest BCUT2D eigenvalue weighted by Crippen LogP contribution is -2.43. The van der Waals surface area contributed by atoms with Crippen molar-refractivity contribution in [1.82, 2.24) is 9.55 Å². The van der Waals surface area contributed by atoms with Crippen molar-refractivity contribution in [3.8, 4) is 16.4 Å². The lowest BCUT2D eigenvalue weighted by atomic mass is 9.73. The van der Waals surface area contributed by atoms with Crippen molar-refractivity contribution in [3.05, 3.63) is 93.9 Å². The number of fused-ring (bicyclic) bond motifs is 1. The maximum Gasteiger partial charge on any atom is 0.155 e. The number of nitrogens with two attached hydrogens (primary N) is 1. The van der Waals surface area contributed by atoms with E-state index in [1.807, 2.05) is 0 Å². The van der Waals surface area contributed by atoms with Gasteiger partial charge in [-0.25, -0.2) is 4.98 Å². The van der Waals surface area contributed by atoms with Crippen LogP contribution in [0.5, 0.6) is 0 Å². The van der Waals surface area contributed by atoms with Gasteiger partial charge in [-0.05, 0) is 90.1 Å². The minimum Gasteiger partial charge on any atom is -0.378 e. The number of benzene rings is 2. The standard InChI is InChI=1S/C34H36N4OS/c1-24-8-15-31-30(14-13-29(24)25-5-2-6-28(23-25)37-18-20-39-21-19-37)36-33(32-7-3-22-40-32)38(31)27-11-9-26(10-12-27)34(35)16-4-17-34/h2-3,5-7,9-15,22-24H,4,8,16-21,35H2,1H3. The molecule has 1 saturated carbocycles. The van der Waals surface area contributed by atoms with Gasteiger partial charge in [-0.1, -0.05) is 49.4 Å². The number of imidazole rings is 1. The Morgan fingerprint density at radius 3 is 2.52 bits per heavy atom. The van der Waals surface area contributed by atoms with Crippen molar-refractivity contribution < 1.29 is 4.74 Å². The molecule has 3 heterocycles. The summed E-state index contributed by atoms with van der Waals surface area (Å²) in [6.07, 6.45) is 11.2. The Hall–Kier alpha value is -3.45. The third-order valence-corrected chi connectivity index (χ3v) is 9.67. The fourth-order valence-electron chi connectivity index (χ4n) is 6.22. The number of hydrogen-bond donors (Lipinski definition) is 1. The molecule has 0 amide bonds. The van der Waals surface area contributed by atoms with Gasteiger partial charge in [-0.15, -0.1) is 11.3 Å². The van der Waals surface area contributed by atoms with E-state index in [9.17, 15) is 0 Å². The first-order chi connectivity index (χ1) is 19.6. The normalized spacial score (nSPS) is 20.3. The molecule has 6 heteroatoms. The van der Waals surface area contributed by atoms with Crippen molar-refractivity contribution in [1.29, 1.82) is 0 Å². The van der Waals surface area contributed by atoms with Crippen LogP contribution < -0.4 is 21.3 Å². The lowest BCUT2D eigenvalue weighted by Gasteiger charge is -2.38. The van der Waals surface area contributed by atoms with Crippen molar-refractivity contribution in [2.45, 2.75) is 38.1 Å². The van der Waals surface area contributed by atoms with Crippen LogP contribution in [0.1, 0.15) is 43.7 Å². The largest absolute Gasteiger partial charge is 0.378 e. The van der Waals surface area contributed by atoms with Crippen LogP contribution in [0.3, 0.4) is 0 Å². The van der Waals surface area contributed by atoms with Gasteiger partial charge in [0.1, 0.15) is 0 Å². The Balaban J connectivity index is 1.32. The Morgan fingerprint density at radius 1 is 0.975 bits per heavy atom. The van der Waals surface area contributed by atoms with Gasteiger partial charge < -0.3 is 15.4 Å². The molecule has 0 spiro atoms. The number of morpholine rings is 1. The number of rotatable bonds is 5. The highest BCUT2D eigenvalue weighted by atomic mass is 32.1. The van der Waals surface area contributed by atoms with Gasteiger partial charge in [0.2, 0.25) is 0 Å². The first-order valence-electron chi connectivity index (χ1n) is 14.5. The lowest BCUT2D eigenvalue weighted by molar-refractivity contribution is 0.122. The molecular weight excluding hydrogens is 512 g/mol. The second-order valence-corrected chi connectivity index (χ2v) is 12.3. The van der Waals surface area contributed by atoms with Gasteiger partial charge in [0.25, 0.3) is 0 Å². The first-order valence-corrected chi connectivity index (χ1v) is 15.3. The molecule has 1 saturated heterocycles. The summed E-state index contributed by atoms with van der Waals surface area (Å²) in [4.78, 5) is 8.80. The van der Waals surface area contributed by atoms with Gasteiger partial charge in [0.05, 0.1) is 28.8 Å². The van der Waals surface area contributed by atoms with Gasteiger partial charge in [-0.3, -0.25) is 4.57 Å². The van der Waals surface area contributed by atoms with Gasteiger partial charge in [0.15, 0.2) is 5.82 Å². The average Bonchev–Trinajstić information content (AvgIpc) is 3.63. The van der Waals surface area contributed by atoms with Crippen LogP contribution in [0, 0.1) is 5.92 Å². The minimum atomic E-state index is -0.158. The van der Waals surface area contributed by atoms with Crippen molar-refractivity contribution in [2.75, 3.05) is 31.2 Å². The van der Waals surface area contributed by atoms with E-state index in [4.69, 9.17) is 15.5 Å². The zero-order chi connectivity index (χ0) is 27.1. The van der Waals surface area contributed by atoms with Crippen molar-refractivity contribution in [3.63, 3.8) is 0 Å². The summed E-state index contributed by atoms with van der Waals surface area (Å²) in [5.74, 6) is 1.36. The highest BCUT2D eigenvalue weighted by Crippen LogP contribution is 2.39. The number of allylic oxidation sites excluding steroid dienone is 2. The maximum absolute atomic E-state index is 6.63. The fourth-order valence-corrected chi connectivity index (χ4v) is 6.93. The third-order valence-electron chi connectivity index (χ3n) is 8.80. The molecule has 1 unspecified atom stereocenters. The Bertz CT molecular complexity index is 1660. The summed E-state index contributed by atoms with van der Waals surface area (Å²) < 4.78 is 7.90. The molecule has 1 atom stereocenters. The summed E-state index contributed by atoms with van der Waals surface area (Å²) in [5, 5.41) is 4.29. The van der Waals surface area contributed by atoms with Crippen LogP contribution >= 0.6 is 11.3 Å². The van der Waals surface area contributed by atoms with E-state index in [0.29, 0.717) is 5.92 Å². The second-order valence-electron chi connectivity index (χ2n) is 11.4. The Labute approximate surface area is 239 Å². The number of hydrogen-bond acceptors (Lipinski definition) is 5. The average molecular weight is 549 g/mol. The van der Waals surface area contributed by atoms with E-state index in [0.717, 1.165) is 67.8 Å². The van der Waals surface area contributed by atoms with Crippen LogP contribution in [0.15, 0.2) is 72.1 Å². The Kier molecular flexibility index (Phi) is 6.70. The monoisotopic (exact) mass is 548 g/mol. The molecular formula is C34H36N4OS. The zero-order valence-electron chi connectivity index (χ0n) is 23.1. The van der Waals surface area contributed by atoms with Gasteiger partial charge in [-0.2, -0.15) is 0 Å². The SMILES string of the molecule is CC1CC=c2c(nc(-c3cccs3)n2-c2ccc(C3(N)CCC3)cc2)=CC=C1c1cccc(N2CCOCC2)c1. The summed E-state index contributed by atoms with van der Waals surface area (Å²) in [6, 6.07) is 22.1. The zero-order valence-corrected chi connectivity index (χ0v) is 23.9. The predicted molar refractivity (Wildman–Crippen MR) is 166 cm³/mol. The van der Waals surface area contributed by atoms with Gasteiger partial charge in [0, 0.05) is 30.0 Å². The number of anilines is 1. The van der Waals surface area contributed by atoms with Crippen molar-refractivity contribution in [2.24, 2.45) is 11.7 Å². The molecule has 204 valence electrons. The number of aromatic nitrogens is 2. The van der Waals surface area contributed by atoms with E-state index >= 15 is 0 Å². The molecule has 4 aromatic rings. The van der Waals surface area contributed by atoms with Crippen LogP contribution in [-0.4, -0.2) is 35.9 Å². The van der Waals surface area contributed by atoms with E-state index in [1.54, 1.807) is 11.3 Å². The minimum absolute atomic E-state index is 0.158. The number of nitrogens with zero attached hydrogens (tertiary/aromatic N) is 3. The Morgan fingerprint density at radius 2 is 1.80 bits per heavy atom. The molecule has 3 aliphatic rings. The highest BCUT2D eigenvalue weighted by Gasteiger charge is 2.34. The molecule has 2 aromatic heterocycles. The number of thiophene rings is 1. The van der Waals surface area contributed by atoms with E-state index in [-0.39, 0.29) is 5.54 Å². The summed E-state index contributed by atoms with van der Waals surface area (Å²) in [5.41, 5.74) is 12.7. The summed E-state index contributed by atoms with van der Waals surface area (Å²) in [6.45, 7) is 5.80. The molecule has 0 radical (unpaired) electrons. The quantitative estimate of drug-likeness (QED) is 0.360. The molecule has 2 aliphatic carbocycles. The van der Waals surface area contributed by atoms with Crippen LogP contribution in [0.2, 0.25) is 0 Å². The molecule has 2 fully saturated rings. The van der Waals surface area contributed by atoms with E-state index in [2.05, 4.69) is 101 Å². The first kappa shape index (κ1) is 25.5. The fraction of sp³-hybridized carbons (Fsp3) is 0.324. The molecule has 2 N–H and O–H groups in total. The molecule has 0 bridgehead atoms. The highest BCUT2D eigenvalue weighted by molar-refractivity contribution is 7.13. The molecule has 40 heavy (non-hydrogen) atoms. The molecule has 7 rings (SSSR count). The number of ether oxygens (including phenoxy) is 1. The predicted octanol–water partition coefficient (Wildman–Crippen LogP) is 5.46. The summed E-state index contributed by atoms with van der Waals surface area (Å²) >= 11 is 1.73. The van der Waals surface area contributed by atoms with Crippen LogP contribution in [0.25, 0.3) is 34.1 Å². The van der Waals surface area contributed by atoms with E-state index < -0.39 is 0 Å². The van der Waals surface area contributed by atoms with Crippen LogP contribution in [0.4, 0.5) is 5.69 Å². The summed E-state index contributed by atoms with van der Waals surface area (Å²) in [7, 11) is 0. The molecule has 5 nitrogen and oxygen atoms in total. The second kappa shape index (κ2) is 10.5.